The van der Waals surface area contributed by atoms with Crippen molar-refractivity contribution in [3.8, 4) is 0 Å². The number of hydrogen-bond acceptors (Lipinski definition) is 5. The summed E-state index contributed by atoms with van der Waals surface area (Å²) in [7, 11) is 0. The molecule has 17 heavy (non-hydrogen) atoms. The topological polar surface area (TPSA) is 79.2 Å². The second-order valence-corrected chi connectivity index (χ2v) is 4.00. The highest BCUT2D eigenvalue weighted by Crippen LogP contribution is 2.22. The minimum atomic E-state index is -1.13. The van der Waals surface area contributed by atoms with Crippen LogP contribution in [0.3, 0.4) is 0 Å². The molecule has 3 N–H and O–H groups in total. The summed E-state index contributed by atoms with van der Waals surface area (Å²) in [5.41, 5.74) is 0.949. The summed E-state index contributed by atoms with van der Waals surface area (Å²) < 4.78 is 10.5. The Labute approximate surface area is 99.2 Å². The Morgan fingerprint density at radius 1 is 1.12 bits per heavy atom. The Kier molecular flexibility index (Phi) is 4.09. The third kappa shape index (κ3) is 2.83. The van der Waals surface area contributed by atoms with Gasteiger partial charge in [0.1, 0.15) is 18.3 Å². The van der Waals surface area contributed by atoms with Crippen molar-refractivity contribution in [2.24, 2.45) is 0 Å². The molecule has 0 bridgehead atoms. The van der Waals surface area contributed by atoms with Gasteiger partial charge in [0.2, 0.25) is 0 Å². The fourth-order valence-corrected chi connectivity index (χ4v) is 1.76. The Balaban J connectivity index is 1.88. The molecule has 1 aromatic carbocycles. The van der Waals surface area contributed by atoms with Crippen LogP contribution in [0.4, 0.5) is 0 Å². The van der Waals surface area contributed by atoms with Gasteiger partial charge in [-0.1, -0.05) is 30.3 Å². The van der Waals surface area contributed by atoms with E-state index in [2.05, 4.69) is 0 Å². The molecular formula is C12H16O5. The number of aliphatic hydroxyl groups is 3. The first-order valence-electron chi connectivity index (χ1n) is 5.50. The van der Waals surface area contributed by atoms with Crippen LogP contribution < -0.4 is 0 Å². The molecule has 1 fully saturated rings. The SMILES string of the molecule is OCC1OC(OCc2ccccc2)C(O)C1O. The van der Waals surface area contributed by atoms with Crippen LogP contribution in [0.25, 0.3) is 0 Å². The number of rotatable bonds is 4. The second-order valence-electron chi connectivity index (χ2n) is 4.00. The molecule has 94 valence electrons. The lowest BCUT2D eigenvalue weighted by Crippen LogP contribution is -2.34. The van der Waals surface area contributed by atoms with Crippen molar-refractivity contribution in [2.75, 3.05) is 6.61 Å². The standard InChI is InChI=1S/C12H16O5/c13-6-9-10(14)11(15)12(17-9)16-7-8-4-2-1-3-5-8/h1-5,9-15H,6-7H2. The van der Waals surface area contributed by atoms with E-state index in [1.807, 2.05) is 30.3 Å². The highest BCUT2D eigenvalue weighted by molar-refractivity contribution is 5.13. The van der Waals surface area contributed by atoms with Crippen LogP contribution in [0.5, 0.6) is 0 Å². The number of hydrogen-bond donors (Lipinski definition) is 3. The molecule has 1 aromatic rings. The van der Waals surface area contributed by atoms with Gasteiger partial charge in [0.25, 0.3) is 0 Å². The molecule has 0 radical (unpaired) electrons. The lowest BCUT2D eigenvalue weighted by molar-refractivity contribution is -0.175. The lowest BCUT2D eigenvalue weighted by Gasteiger charge is -2.15. The van der Waals surface area contributed by atoms with E-state index in [1.165, 1.54) is 0 Å². The summed E-state index contributed by atoms with van der Waals surface area (Å²) in [5.74, 6) is 0. The van der Waals surface area contributed by atoms with E-state index in [1.54, 1.807) is 0 Å². The molecule has 4 atom stereocenters. The number of benzene rings is 1. The molecule has 0 aromatic heterocycles. The minimum absolute atomic E-state index is 0.285. The predicted molar refractivity (Wildman–Crippen MR) is 59.0 cm³/mol. The molecule has 0 aliphatic carbocycles. The molecule has 0 spiro atoms. The normalized spacial score (nSPS) is 32.9. The van der Waals surface area contributed by atoms with Crippen LogP contribution in [0, 0.1) is 0 Å². The maximum Gasteiger partial charge on any atom is 0.187 e. The largest absolute Gasteiger partial charge is 0.394 e. The minimum Gasteiger partial charge on any atom is -0.394 e. The van der Waals surface area contributed by atoms with Gasteiger partial charge in [-0.2, -0.15) is 0 Å². The van der Waals surface area contributed by atoms with Gasteiger partial charge in [0, 0.05) is 0 Å². The molecule has 2 rings (SSSR count). The van der Waals surface area contributed by atoms with E-state index in [-0.39, 0.29) is 13.2 Å². The van der Waals surface area contributed by atoms with Gasteiger partial charge < -0.3 is 24.8 Å². The van der Waals surface area contributed by atoms with Crippen LogP contribution in [0.1, 0.15) is 5.56 Å². The average molecular weight is 240 g/mol. The Bertz CT molecular complexity index is 342. The van der Waals surface area contributed by atoms with Gasteiger partial charge in [-0.15, -0.1) is 0 Å². The lowest BCUT2D eigenvalue weighted by atomic mass is 10.1. The van der Waals surface area contributed by atoms with Crippen molar-refractivity contribution in [3.05, 3.63) is 35.9 Å². The first-order valence-corrected chi connectivity index (χ1v) is 5.50. The molecule has 1 aliphatic heterocycles. The molecule has 1 aliphatic rings. The zero-order valence-corrected chi connectivity index (χ0v) is 9.27. The zero-order chi connectivity index (χ0) is 12.3. The Morgan fingerprint density at radius 3 is 2.41 bits per heavy atom. The summed E-state index contributed by atoms with van der Waals surface area (Å²) in [6.45, 7) is -0.0587. The van der Waals surface area contributed by atoms with Crippen molar-refractivity contribution in [1.82, 2.24) is 0 Å². The van der Waals surface area contributed by atoms with Crippen LogP contribution in [0.15, 0.2) is 30.3 Å². The van der Waals surface area contributed by atoms with Gasteiger partial charge in [-0.25, -0.2) is 0 Å². The van der Waals surface area contributed by atoms with Crippen LogP contribution in [0.2, 0.25) is 0 Å². The van der Waals surface area contributed by atoms with Crippen molar-refractivity contribution in [2.45, 2.75) is 31.2 Å². The molecule has 4 unspecified atom stereocenters. The quantitative estimate of drug-likeness (QED) is 0.670. The summed E-state index contributed by atoms with van der Waals surface area (Å²) >= 11 is 0. The highest BCUT2D eigenvalue weighted by atomic mass is 16.7. The fourth-order valence-electron chi connectivity index (χ4n) is 1.76. The van der Waals surface area contributed by atoms with Gasteiger partial charge in [0.05, 0.1) is 13.2 Å². The molecule has 1 heterocycles. The molecule has 1 saturated heterocycles. The molecular weight excluding hydrogens is 224 g/mol. The van der Waals surface area contributed by atoms with Gasteiger partial charge >= 0.3 is 0 Å². The zero-order valence-electron chi connectivity index (χ0n) is 9.27. The van der Waals surface area contributed by atoms with Crippen LogP contribution >= 0.6 is 0 Å². The van der Waals surface area contributed by atoms with Gasteiger partial charge in [-0.05, 0) is 5.56 Å². The molecule has 5 heteroatoms. The predicted octanol–water partition coefficient (Wildman–Crippen LogP) is -0.358. The molecule has 0 amide bonds. The summed E-state index contributed by atoms with van der Waals surface area (Å²) in [6.07, 6.45) is -3.93. The number of ether oxygens (including phenoxy) is 2. The summed E-state index contributed by atoms with van der Waals surface area (Å²) in [4.78, 5) is 0. The maximum atomic E-state index is 9.63. The van der Waals surface area contributed by atoms with Gasteiger partial charge in [0.15, 0.2) is 6.29 Å². The first kappa shape index (κ1) is 12.5. The van der Waals surface area contributed by atoms with Crippen LogP contribution in [-0.2, 0) is 16.1 Å². The fraction of sp³-hybridized carbons (Fsp3) is 0.500. The summed E-state index contributed by atoms with van der Waals surface area (Å²) in [6, 6.07) is 9.45. The summed E-state index contributed by atoms with van der Waals surface area (Å²) in [5, 5.41) is 28.0. The average Bonchev–Trinajstić information content (AvgIpc) is 2.65. The number of aliphatic hydroxyl groups excluding tert-OH is 3. The van der Waals surface area contributed by atoms with E-state index >= 15 is 0 Å². The van der Waals surface area contributed by atoms with Crippen LogP contribution in [-0.4, -0.2) is 46.5 Å². The van der Waals surface area contributed by atoms with E-state index in [0.29, 0.717) is 0 Å². The monoisotopic (exact) mass is 240 g/mol. The van der Waals surface area contributed by atoms with E-state index in [9.17, 15) is 10.2 Å². The van der Waals surface area contributed by atoms with Crippen molar-refractivity contribution in [3.63, 3.8) is 0 Å². The van der Waals surface area contributed by atoms with E-state index in [0.717, 1.165) is 5.56 Å². The van der Waals surface area contributed by atoms with Crippen molar-refractivity contribution >= 4 is 0 Å². The van der Waals surface area contributed by atoms with Gasteiger partial charge in [-0.3, -0.25) is 0 Å². The first-order chi connectivity index (χ1) is 8.22. The van der Waals surface area contributed by atoms with E-state index < -0.39 is 24.6 Å². The third-order valence-electron chi connectivity index (χ3n) is 2.76. The molecule has 5 nitrogen and oxygen atoms in total. The van der Waals surface area contributed by atoms with Crippen molar-refractivity contribution < 1.29 is 24.8 Å². The third-order valence-corrected chi connectivity index (χ3v) is 2.76. The van der Waals surface area contributed by atoms with Crippen molar-refractivity contribution in [1.29, 1.82) is 0 Å². The second kappa shape index (κ2) is 5.57. The highest BCUT2D eigenvalue weighted by Gasteiger charge is 2.42. The van der Waals surface area contributed by atoms with E-state index in [4.69, 9.17) is 14.6 Å². The Hall–Kier alpha value is -0.980. The molecule has 0 saturated carbocycles. The Morgan fingerprint density at radius 2 is 1.82 bits per heavy atom. The smallest absolute Gasteiger partial charge is 0.187 e. The maximum absolute atomic E-state index is 9.63.